The normalized spacial score (nSPS) is 11.6. The van der Waals surface area contributed by atoms with Gasteiger partial charge in [-0.15, -0.1) is 0 Å². The summed E-state index contributed by atoms with van der Waals surface area (Å²) in [6.07, 6.45) is 1.50. The summed E-state index contributed by atoms with van der Waals surface area (Å²) in [6, 6.07) is 15.4. The van der Waals surface area contributed by atoms with Gasteiger partial charge in [-0.1, -0.05) is 42.3 Å². The lowest BCUT2D eigenvalue weighted by molar-refractivity contribution is -0.118. The summed E-state index contributed by atoms with van der Waals surface area (Å²) in [5, 5.41) is 5.78. The Labute approximate surface area is 149 Å². The molecule has 0 aliphatic carbocycles. The molecule has 4 heteroatoms. The first-order chi connectivity index (χ1) is 11.9. The molecule has 0 aliphatic rings. The van der Waals surface area contributed by atoms with E-state index in [0.717, 1.165) is 22.5 Å². The SMILES string of the molecule is Cc1ccc(NC(=O)CCC(C)CC(=O)Nc2ccc(C)cc2)cc1. The number of hydrogen-bond acceptors (Lipinski definition) is 2. The maximum atomic E-state index is 12.1. The highest BCUT2D eigenvalue weighted by Crippen LogP contribution is 2.15. The third-order valence-corrected chi connectivity index (χ3v) is 4.07. The van der Waals surface area contributed by atoms with Crippen LogP contribution >= 0.6 is 0 Å². The topological polar surface area (TPSA) is 58.2 Å². The van der Waals surface area contributed by atoms with Crippen molar-refractivity contribution in [3.8, 4) is 0 Å². The summed E-state index contributed by atoms with van der Waals surface area (Å²) >= 11 is 0. The van der Waals surface area contributed by atoms with E-state index in [0.29, 0.717) is 19.3 Å². The van der Waals surface area contributed by atoms with Crippen molar-refractivity contribution in [2.75, 3.05) is 10.6 Å². The largest absolute Gasteiger partial charge is 0.326 e. The maximum Gasteiger partial charge on any atom is 0.224 e. The molecule has 2 rings (SSSR count). The number of anilines is 2. The van der Waals surface area contributed by atoms with Gasteiger partial charge in [-0.05, 0) is 50.5 Å². The van der Waals surface area contributed by atoms with Gasteiger partial charge in [-0.3, -0.25) is 9.59 Å². The van der Waals surface area contributed by atoms with E-state index in [1.54, 1.807) is 0 Å². The summed E-state index contributed by atoms with van der Waals surface area (Å²) in [6.45, 7) is 6.01. The zero-order valence-corrected chi connectivity index (χ0v) is 15.1. The highest BCUT2D eigenvalue weighted by molar-refractivity contribution is 5.91. The minimum atomic E-state index is -0.0188. The molecule has 0 saturated heterocycles. The standard InChI is InChI=1S/C21H26N2O2/c1-15-4-9-18(10-5-15)22-20(24)13-8-17(3)14-21(25)23-19-11-6-16(2)7-12-19/h4-7,9-12,17H,8,13-14H2,1-3H3,(H,22,24)(H,23,25). The van der Waals surface area contributed by atoms with Gasteiger partial charge < -0.3 is 10.6 Å². The van der Waals surface area contributed by atoms with Gasteiger partial charge in [0.1, 0.15) is 0 Å². The van der Waals surface area contributed by atoms with Crippen LogP contribution in [0.15, 0.2) is 48.5 Å². The zero-order chi connectivity index (χ0) is 18.2. The van der Waals surface area contributed by atoms with Crippen LogP contribution in [0.5, 0.6) is 0 Å². The van der Waals surface area contributed by atoms with Crippen molar-refractivity contribution in [2.24, 2.45) is 5.92 Å². The molecule has 1 unspecified atom stereocenters. The van der Waals surface area contributed by atoms with E-state index < -0.39 is 0 Å². The summed E-state index contributed by atoms with van der Waals surface area (Å²) in [5.74, 6) is 0.110. The number of benzene rings is 2. The van der Waals surface area contributed by atoms with Crippen molar-refractivity contribution in [1.29, 1.82) is 0 Å². The summed E-state index contributed by atoms with van der Waals surface area (Å²) in [4.78, 5) is 24.1. The number of nitrogens with one attached hydrogen (secondary N) is 2. The molecule has 0 radical (unpaired) electrons. The van der Waals surface area contributed by atoms with Gasteiger partial charge in [0.05, 0.1) is 0 Å². The van der Waals surface area contributed by atoms with Crippen molar-refractivity contribution in [3.05, 3.63) is 59.7 Å². The lowest BCUT2D eigenvalue weighted by atomic mass is 10.0. The fraction of sp³-hybridized carbons (Fsp3) is 0.333. The van der Waals surface area contributed by atoms with Gasteiger partial charge in [-0.2, -0.15) is 0 Å². The van der Waals surface area contributed by atoms with Crippen LogP contribution in [-0.4, -0.2) is 11.8 Å². The lowest BCUT2D eigenvalue weighted by Gasteiger charge is -2.12. The quantitative estimate of drug-likeness (QED) is 0.769. The highest BCUT2D eigenvalue weighted by Gasteiger charge is 2.12. The molecule has 2 amide bonds. The van der Waals surface area contributed by atoms with Crippen LogP contribution in [0.3, 0.4) is 0 Å². The number of hydrogen-bond donors (Lipinski definition) is 2. The Bertz CT molecular complexity index is 706. The monoisotopic (exact) mass is 338 g/mol. The highest BCUT2D eigenvalue weighted by atomic mass is 16.2. The molecule has 1 atom stereocenters. The van der Waals surface area contributed by atoms with Crippen LogP contribution in [0.2, 0.25) is 0 Å². The van der Waals surface area contributed by atoms with Crippen LogP contribution in [0.1, 0.15) is 37.3 Å². The molecular weight excluding hydrogens is 312 g/mol. The van der Waals surface area contributed by atoms with Crippen LogP contribution in [0.4, 0.5) is 11.4 Å². The minimum Gasteiger partial charge on any atom is -0.326 e. The van der Waals surface area contributed by atoms with Crippen molar-refractivity contribution >= 4 is 23.2 Å². The second-order valence-corrected chi connectivity index (χ2v) is 6.68. The first kappa shape index (κ1) is 18.7. The molecule has 0 bridgehead atoms. The molecule has 0 aromatic heterocycles. The average Bonchev–Trinajstić information content (AvgIpc) is 2.57. The van der Waals surface area contributed by atoms with Crippen molar-refractivity contribution in [1.82, 2.24) is 0 Å². The molecule has 132 valence electrons. The molecule has 0 fully saturated rings. The van der Waals surface area contributed by atoms with E-state index in [1.165, 1.54) is 0 Å². The van der Waals surface area contributed by atoms with E-state index in [2.05, 4.69) is 10.6 Å². The van der Waals surface area contributed by atoms with E-state index >= 15 is 0 Å². The molecular formula is C21H26N2O2. The van der Waals surface area contributed by atoms with Crippen LogP contribution in [0, 0.1) is 19.8 Å². The predicted molar refractivity (Wildman–Crippen MR) is 103 cm³/mol. The van der Waals surface area contributed by atoms with Crippen LogP contribution < -0.4 is 10.6 Å². The molecule has 2 aromatic rings. The Morgan fingerprint density at radius 3 is 1.72 bits per heavy atom. The second kappa shape index (κ2) is 9.02. The van der Waals surface area contributed by atoms with E-state index in [4.69, 9.17) is 0 Å². The fourth-order valence-corrected chi connectivity index (χ4v) is 2.51. The maximum absolute atomic E-state index is 12.1. The minimum absolute atomic E-state index is 0.0182. The molecule has 25 heavy (non-hydrogen) atoms. The molecule has 4 nitrogen and oxygen atoms in total. The molecule has 0 aliphatic heterocycles. The van der Waals surface area contributed by atoms with Crippen molar-refractivity contribution < 1.29 is 9.59 Å². The number of aryl methyl sites for hydroxylation is 2. The van der Waals surface area contributed by atoms with Crippen LogP contribution in [0.25, 0.3) is 0 Å². The van der Waals surface area contributed by atoms with E-state index in [-0.39, 0.29) is 17.7 Å². The Morgan fingerprint density at radius 2 is 1.24 bits per heavy atom. The van der Waals surface area contributed by atoms with E-state index in [1.807, 2.05) is 69.3 Å². The summed E-state index contributed by atoms with van der Waals surface area (Å²) < 4.78 is 0. The second-order valence-electron chi connectivity index (χ2n) is 6.68. The van der Waals surface area contributed by atoms with Crippen molar-refractivity contribution in [3.63, 3.8) is 0 Å². The Balaban J connectivity index is 1.71. The number of amides is 2. The Kier molecular flexibility index (Phi) is 6.75. The molecule has 0 heterocycles. The summed E-state index contributed by atoms with van der Waals surface area (Å²) in [5.41, 5.74) is 3.93. The van der Waals surface area contributed by atoms with Gasteiger partial charge in [0.25, 0.3) is 0 Å². The first-order valence-corrected chi connectivity index (χ1v) is 8.65. The Hall–Kier alpha value is -2.62. The van der Waals surface area contributed by atoms with Crippen LogP contribution in [-0.2, 0) is 9.59 Å². The zero-order valence-electron chi connectivity index (χ0n) is 15.1. The number of carbonyl (C=O) groups excluding carboxylic acids is 2. The van der Waals surface area contributed by atoms with Gasteiger partial charge in [0.2, 0.25) is 11.8 Å². The van der Waals surface area contributed by atoms with Gasteiger partial charge in [0.15, 0.2) is 0 Å². The average molecular weight is 338 g/mol. The first-order valence-electron chi connectivity index (χ1n) is 8.65. The molecule has 0 spiro atoms. The Morgan fingerprint density at radius 1 is 0.800 bits per heavy atom. The predicted octanol–water partition coefficient (Wildman–Crippen LogP) is 4.69. The van der Waals surface area contributed by atoms with Gasteiger partial charge >= 0.3 is 0 Å². The summed E-state index contributed by atoms with van der Waals surface area (Å²) in [7, 11) is 0. The fourth-order valence-electron chi connectivity index (χ4n) is 2.51. The molecule has 0 saturated carbocycles. The molecule has 2 N–H and O–H groups in total. The van der Waals surface area contributed by atoms with Gasteiger partial charge in [0, 0.05) is 24.2 Å². The lowest BCUT2D eigenvalue weighted by Crippen LogP contribution is -2.17. The van der Waals surface area contributed by atoms with E-state index in [9.17, 15) is 9.59 Å². The molecule has 2 aromatic carbocycles. The third-order valence-electron chi connectivity index (χ3n) is 4.07. The third kappa shape index (κ3) is 6.79. The number of rotatable bonds is 7. The smallest absolute Gasteiger partial charge is 0.224 e. The van der Waals surface area contributed by atoms with Crippen molar-refractivity contribution in [2.45, 2.75) is 40.0 Å². The number of carbonyl (C=O) groups is 2. The van der Waals surface area contributed by atoms with Gasteiger partial charge in [-0.25, -0.2) is 0 Å².